The van der Waals surface area contributed by atoms with E-state index in [2.05, 4.69) is 15.6 Å². The highest BCUT2D eigenvalue weighted by molar-refractivity contribution is 6.34. The van der Waals surface area contributed by atoms with Crippen molar-refractivity contribution >= 4 is 70.4 Å². The van der Waals surface area contributed by atoms with E-state index in [0.29, 0.717) is 47.9 Å². The van der Waals surface area contributed by atoms with Crippen LogP contribution in [0.15, 0.2) is 91.1 Å². The van der Waals surface area contributed by atoms with Crippen LogP contribution in [0.1, 0.15) is 57.5 Å². The van der Waals surface area contributed by atoms with Crippen LogP contribution in [0.25, 0.3) is 12.2 Å². The number of aromatic nitrogens is 1. The Morgan fingerprint density at radius 1 is 0.646 bits per heavy atom. The molecule has 0 spiro atoms. The van der Waals surface area contributed by atoms with Crippen LogP contribution in [0, 0.1) is 0 Å². The van der Waals surface area contributed by atoms with Crippen LogP contribution >= 0.6 is 23.2 Å². The lowest BCUT2D eigenvalue weighted by molar-refractivity contribution is -0.120. The number of pyridine rings is 1. The van der Waals surface area contributed by atoms with E-state index in [4.69, 9.17) is 23.2 Å². The third-order valence-corrected chi connectivity index (χ3v) is 9.18. The third-order valence-electron chi connectivity index (χ3n) is 8.55. The first kappa shape index (κ1) is 32.9. The zero-order chi connectivity index (χ0) is 33.6. The second-order valence-electron chi connectivity index (χ2n) is 11.7. The Bertz CT molecular complexity index is 1730. The summed E-state index contributed by atoms with van der Waals surface area (Å²) in [5.41, 5.74) is 3.81. The number of benzene rings is 3. The van der Waals surface area contributed by atoms with Crippen LogP contribution in [0.3, 0.4) is 0 Å². The molecule has 11 heteroatoms. The van der Waals surface area contributed by atoms with E-state index in [-0.39, 0.29) is 34.3 Å². The van der Waals surface area contributed by atoms with Crippen molar-refractivity contribution in [3.63, 3.8) is 0 Å². The lowest BCUT2D eigenvalue weighted by Gasteiger charge is -2.24. The lowest BCUT2D eigenvalue weighted by atomic mass is 10.1. The minimum Gasteiger partial charge on any atom is -0.327 e. The summed E-state index contributed by atoms with van der Waals surface area (Å²) in [5.74, 6) is -1.02. The van der Waals surface area contributed by atoms with E-state index in [9.17, 15) is 19.2 Å². The van der Waals surface area contributed by atoms with Crippen molar-refractivity contribution in [3.05, 3.63) is 124 Å². The Morgan fingerprint density at radius 2 is 1.12 bits per heavy atom. The van der Waals surface area contributed by atoms with E-state index in [1.807, 2.05) is 60.7 Å². The summed E-state index contributed by atoms with van der Waals surface area (Å²) in [5, 5.41) is 6.36. The first-order valence-electron chi connectivity index (χ1n) is 15.8. The molecule has 0 saturated carbocycles. The maximum atomic E-state index is 13.1. The number of anilines is 2. The Labute approximate surface area is 288 Å². The van der Waals surface area contributed by atoms with Crippen molar-refractivity contribution < 1.29 is 19.2 Å². The predicted molar refractivity (Wildman–Crippen MR) is 188 cm³/mol. The molecule has 4 aromatic rings. The molecule has 0 aliphatic carbocycles. The number of carbonyl (C=O) groups is 4. The van der Waals surface area contributed by atoms with Crippen molar-refractivity contribution in [2.45, 2.75) is 37.8 Å². The number of nitrogens with zero attached hydrogens (tertiary/aromatic N) is 3. The summed E-state index contributed by atoms with van der Waals surface area (Å²) >= 11 is 12.4. The minimum absolute atomic E-state index is 0.121. The second-order valence-corrected chi connectivity index (χ2v) is 12.5. The first-order valence-corrected chi connectivity index (χ1v) is 16.5. The fraction of sp³-hybridized carbons (Fsp3) is 0.216. The number of amides is 4. The molecule has 0 radical (unpaired) electrons. The molecule has 48 heavy (non-hydrogen) atoms. The van der Waals surface area contributed by atoms with Crippen LogP contribution in [-0.2, 0) is 9.59 Å². The monoisotopic (exact) mass is 681 g/mol. The van der Waals surface area contributed by atoms with Gasteiger partial charge in [0.15, 0.2) is 0 Å². The van der Waals surface area contributed by atoms with Gasteiger partial charge >= 0.3 is 0 Å². The summed E-state index contributed by atoms with van der Waals surface area (Å²) in [6.45, 7) is 0.978. The molecule has 244 valence electrons. The van der Waals surface area contributed by atoms with E-state index in [1.165, 1.54) is 6.20 Å². The highest BCUT2D eigenvalue weighted by atomic mass is 35.5. The van der Waals surface area contributed by atoms with Crippen molar-refractivity contribution in [1.82, 2.24) is 14.8 Å². The van der Waals surface area contributed by atoms with Crippen molar-refractivity contribution in [2.24, 2.45) is 0 Å². The first-order chi connectivity index (χ1) is 23.3. The maximum absolute atomic E-state index is 13.1. The molecule has 2 saturated heterocycles. The molecule has 2 aliphatic rings. The third kappa shape index (κ3) is 7.43. The quantitative estimate of drug-likeness (QED) is 0.153. The molecule has 2 fully saturated rings. The molecule has 6 rings (SSSR count). The van der Waals surface area contributed by atoms with Gasteiger partial charge in [-0.2, -0.15) is 0 Å². The molecule has 4 amide bonds. The van der Waals surface area contributed by atoms with Gasteiger partial charge in [0.05, 0.1) is 16.1 Å². The number of nitrogens with one attached hydrogen (secondary N) is 2. The number of hydrogen-bond acceptors (Lipinski definition) is 5. The van der Waals surface area contributed by atoms with Crippen LogP contribution in [0.4, 0.5) is 11.4 Å². The minimum atomic E-state index is -0.589. The molecule has 0 unspecified atom stereocenters. The van der Waals surface area contributed by atoms with E-state index in [0.717, 1.165) is 24.0 Å². The summed E-state index contributed by atoms with van der Waals surface area (Å²) in [6.07, 6.45) is 8.05. The van der Waals surface area contributed by atoms with E-state index < -0.39 is 12.1 Å². The zero-order valence-electron chi connectivity index (χ0n) is 25.9. The van der Waals surface area contributed by atoms with Gasteiger partial charge in [-0.25, -0.2) is 4.98 Å². The Kier molecular flexibility index (Phi) is 10.2. The molecule has 3 heterocycles. The molecule has 0 bridgehead atoms. The number of hydrogen-bond donors (Lipinski definition) is 2. The van der Waals surface area contributed by atoms with Crippen molar-refractivity contribution in [1.29, 1.82) is 0 Å². The summed E-state index contributed by atoms with van der Waals surface area (Å²) in [6, 6.07) is 23.8. The molecule has 2 atom stereocenters. The SMILES string of the molecule is O=C(Nc1ccc(/C=C/c2ccc(NC(=O)[C@@H]3CCCN3C(=O)c3cccnc3Cl)cc2)cc1)[C@@H]1CCCN1C(=O)c1ccccc1Cl. The predicted octanol–water partition coefficient (Wildman–Crippen LogP) is 7.05. The van der Waals surface area contributed by atoms with Crippen LogP contribution in [-0.4, -0.2) is 63.6 Å². The largest absolute Gasteiger partial charge is 0.327 e. The Hall–Kier alpha value is -4.99. The van der Waals surface area contributed by atoms with E-state index >= 15 is 0 Å². The topological polar surface area (TPSA) is 112 Å². The number of halogens is 2. The number of likely N-dealkylation sites (tertiary alicyclic amines) is 2. The molecule has 2 N–H and O–H groups in total. The van der Waals surface area contributed by atoms with Crippen LogP contribution in [0.2, 0.25) is 10.2 Å². The average Bonchev–Trinajstić information content (AvgIpc) is 3.80. The Morgan fingerprint density at radius 3 is 1.62 bits per heavy atom. The average molecular weight is 683 g/mol. The Balaban J connectivity index is 1.02. The second kappa shape index (κ2) is 14.8. The van der Waals surface area contributed by atoms with Gasteiger partial charge in [-0.1, -0.05) is 71.8 Å². The van der Waals surface area contributed by atoms with Gasteiger partial charge in [0.25, 0.3) is 11.8 Å². The van der Waals surface area contributed by atoms with Gasteiger partial charge in [-0.3, -0.25) is 19.2 Å². The molecular formula is C37H33Cl2N5O4. The normalized spacial score (nSPS) is 17.5. The highest BCUT2D eigenvalue weighted by Crippen LogP contribution is 2.26. The molecule has 3 aromatic carbocycles. The van der Waals surface area contributed by atoms with Crippen LogP contribution in [0.5, 0.6) is 0 Å². The molecule has 9 nitrogen and oxygen atoms in total. The molecule has 2 aliphatic heterocycles. The zero-order valence-corrected chi connectivity index (χ0v) is 27.5. The van der Waals surface area contributed by atoms with Crippen molar-refractivity contribution in [3.8, 4) is 0 Å². The lowest BCUT2D eigenvalue weighted by Crippen LogP contribution is -2.43. The highest BCUT2D eigenvalue weighted by Gasteiger charge is 2.36. The van der Waals surface area contributed by atoms with Crippen molar-refractivity contribution in [2.75, 3.05) is 23.7 Å². The van der Waals surface area contributed by atoms with Gasteiger partial charge < -0.3 is 20.4 Å². The summed E-state index contributed by atoms with van der Waals surface area (Å²) in [7, 11) is 0. The standard InChI is InChI=1S/C37H33Cl2N5O4/c38-30-8-2-1-6-28(30)36(47)43-22-4-9-31(43)34(45)41-26-17-13-24(14-18-26)11-12-25-15-19-27(20-16-25)42-35(46)32-10-5-23-44(32)37(48)29-7-3-21-40-33(29)39/h1-3,6-8,11-21,31-32H,4-5,9-10,22-23H2,(H,41,45)(H,42,46)/b12-11+/t31-,32-/m0/s1. The summed E-state index contributed by atoms with van der Waals surface area (Å²) in [4.78, 5) is 59.5. The van der Waals surface area contributed by atoms with E-state index in [1.54, 1.807) is 46.2 Å². The fourth-order valence-electron chi connectivity index (χ4n) is 6.05. The fourth-order valence-corrected chi connectivity index (χ4v) is 6.47. The van der Waals surface area contributed by atoms with Gasteiger partial charge in [0, 0.05) is 30.7 Å². The van der Waals surface area contributed by atoms with Gasteiger partial charge in [0.1, 0.15) is 17.2 Å². The number of rotatable bonds is 8. The molecule has 1 aromatic heterocycles. The number of carbonyl (C=O) groups excluding carboxylic acids is 4. The smallest absolute Gasteiger partial charge is 0.257 e. The van der Waals surface area contributed by atoms with Gasteiger partial charge in [-0.15, -0.1) is 0 Å². The molecular weight excluding hydrogens is 649 g/mol. The van der Waals surface area contributed by atoms with Gasteiger partial charge in [0.2, 0.25) is 11.8 Å². The van der Waals surface area contributed by atoms with Gasteiger partial charge in [-0.05, 0) is 85.3 Å². The summed E-state index contributed by atoms with van der Waals surface area (Å²) < 4.78 is 0. The maximum Gasteiger partial charge on any atom is 0.257 e. The van der Waals surface area contributed by atoms with Crippen LogP contribution < -0.4 is 10.6 Å².